The molecule has 1 unspecified atom stereocenters. The van der Waals surface area contributed by atoms with Crippen molar-refractivity contribution in [3.63, 3.8) is 0 Å². The average Bonchev–Trinajstić information content (AvgIpc) is 2.30. The van der Waals surface area contributed by atoms with Crippen LogP contribution in [-0.4, -0.2) is 23.8 Å². The van der Waals surface area contributed by atoms with E-state index in [-0.39, 0.29) is 5.54 Å². The van der Waals surface area contributed by atoms with Crippen LogP contribution in [0.4, 0.5) is 5.69 Å². The minimum absolute atomic E-state index is 0.201. The van der Waals surface area contributed by atoms with E-state index < -0.39 is 0 Å². The predicted octanol–water partition coefficient (Wildman–Crippen LogP) is 2.67. The zero-order valence-corrected chi connectivity index (χ0v) is 10.2. The summed E-state index contributed by atoms with van der Waals surface area (Å²) in [7, 11) is 0. The second-order valence-corrected chi connectivity index (χ2v) is 5.35. The molecule has 0 radical (unpaired) electrons. The fourth-order valence-corrected chi connectivity index (χ4v) is 2.50. The van der Waals surface area contributed by atoms with Crippen molar-refractivity contribution in [1.82, 2.24) is 0 Å². The summed E-state index contributed by atoms with van der Waals surface area (Å²) in [6.45, 7) is 5.84. The van der Waals surface area contributed by atoms with E-state index in [1.54, 1.807) is 0 Å². The molecule has 2 rings (SSSR count). The van der Waals surface area contributed by atoms with Crippen LogP contribution in [0.25, 0.3) is 0 Å². The van der Waals surface area contributed by atoms with Crippen molar-refractivity contribution in [2.24, 2.45) is 5.92 Å². The van der Waals surface area contributed by atoms with Crippen molar-refractivity contribution >= 4 is 5.69 Å². The van der Waals surface area contributed by atoms with E-state index in [0.29, 0.717) is 12.5 Å². The van der Waals surface area contributed by atoms with Crippen molar-refractivity contribution in [3.8, 4) is 0 Å². The van der Waals surface area contributed by atoms with Crippen LogP contribution in [0.2, 0.25) is 0 Å². The van der Waals surface area contributed by atoms with E-state index in [2.05, 4.69) is 43.0 Å². The lowest BCUT2D eigenvalue weighted by Crippen LogP contribution is -2.51. The maximum atomic E-state index is 9.30. The minimum Gasteiger partial charge on any atom is -0.396 e. The summed E-state index contributed by atoms with van der Waals surface area (Å²) in [6.07, 6.45) is 2.28. The Kier molecular flexibility index (Phi) is 3.20. The van der Waals surface area contributed by atoms with E-state index in [1.807, 2.05) is 6.07 Å². The highest BCUT2D eigenvalue weighted by Gasteiger charge is 2.33. The molecule has 1 atom stereocenters. The summed E-state index contributed by atoms with van der Waals surface area (Å²) in [4.78, 5) is 2.43. The Balaban J connectivity index is 2.22. The molecule has 16 heavy (non-hydrogen) atoms. The van der Waals surface area contributed by atoms with Crippen molar-refractivity contribution in [2.45, 2.75) is 32.2 Å². The average molecular weight is 219 g/mol. The summed E-state index contributed by atoms with van der Waals surface area (Å²) in [5, 5.41) is 9.30. The molecule has 1 fully saturated rings. The molecule has 0 spiro atoms. The molecule has 1 N–H and O–H groups in total. The summed E-state index contributed by atoms with van der Waals surface area (Å²) in [5.74, 6) is 0.424. The van der Waals surface area contributed by atoms with Crippen molar-refractivity contribution in [3.05, 3.63) is 30.3 Å². The molecule has 88 valence electrons. The minimum atomic E-state index is 0.201. The summed E-state index contributed by atoms with van der Waals surface area (Å²) in [6, 6.07) is 10.5. The smallest absolute Gasteiger partial charge is 0.0476 e. The second kappa shape index (κ2) is 4.46. The molecular weight excluding hydrogens is 198 g/mol. The van der Waals surface area contributed by atoms with Gasteiger partial charge in [-0.25, -0.2) is 0 Å². The van der Waals surface area contributed by atoms with Crippen LogP contribution in [-0.2, 0) is 0 Å². The molecule has 1 aliphatic heterocycles. The Morgan fingerprint density at radius 1 is 1.31 bits per heavy atom. The number of aliphatic hydroxyl groups is 1. The van der Waals surface area contributed by atoms with Gasteiger partial charge in [-0.15, -0.1) is 0 Å². The third-order valence-electron chi connectivity index (χ3n) is 3.66. The third kappa shape index (κ3) is 2.22. The molecule has 0 amide bonds. The van der Waals surface area contributed by atoms with Gasteiger partial charge in [-0.1, -0.05) is 18.2 Å². The van der Waals surface area contributed by atoms with Gasteiger partial charge in [0.15, 0.2) is 0 Å². The maximum absolute atomic E-state index is 9.30. The van der Waals surface area contributed by atoms with E-state index in [4.69, 9.17) is 0 Å². The molecule has 0 aromatic heterocycles. The zero-order valence-electron chi connectivity index (χ0n) is 10.2. The number of aliphatic hydroxyl groups excluding tert-OH is 1. The molecular formula is C14H21NO. The van der Waals surface area contributed by atoms with Gasteiger partial charge in [-0.05, 0) is 44.7 Å². The normalized spacial score (nSPS) is 24.4. The van der Waals surface area contributed by atoms with E-state index in [9.17, 15) is 5.11 Å². The quantitative estimate of drug-likeness (QED) is 0.826. The monoisotopic (exact) mass is 219 g/mol. The van der Waals surface area contributed by atoms with Crippen LogP contribution in [0.3, 0.4) is 0 Å². The molecule has 0 saturated carbocycles. The third-order valence-corrected chi connectivity index (χ3v) is 3.66. The summed E-state index contributed by atoms with van der Waals surface area (Å²) < 4.78 is 0. The highest BCUT2D eigenvalue weighted by Crippen LogP contribution is 2.34. The van der Waals surface area contributed by atoms with E-state index in [0.717, 1.165) is 19.4 Å². The Hall–Kier alpha value is -1.02. The molecule has 1 aliphatic rings. The Bertz CT molecular complexity index is 334. The largest absolute Gasteiger partial charge is 0.396 e. The lowest BCUT2D eigenvalue weighted by molar-refractivity contribution is 0.181. The molecule has 1 saturated heterocycles. The van der Waals surface area contributed by atoms with E-state index in [1.165, 1.54) is 5.69 Å². The Labute approximate surface area is 97.9 Å². The molecule has 1 heterocycles. The topological polar surface area (TPSA) is 23.5 Å². The summed E-state index contributed by atoms with van der Waals surface area (Å²) >= 11 is 0. The second-order valence-electron chi connectivity index (χ2n) is 5.35. The Morgan fingerprint density at radius 3 is 2.62 bits per heavy atom. The van der Waals surface area contributed by atoms with Gasteiger partial charge in [0.1, 0.15) is 0 Å². The van der Waals surface area contributed by atoms with Gasteiger partial charge in [0.05, 0.1) is 0 Å². The van der Waals surface area contributed by atoms with Gasteiger partial charge in [-0.2, -0.15) is 0 Å². The van der Waals surface area contributed by atoms with Gasteiger partial charge in [0.25, 0.3) is 0 Å². The van der Waals surface area contributed by atoms with Crippen LogP contribution in [0.5, 0.6) is 0 Å². The van der Waals surface area contributed by atoms with Crippen molar-refractivity contribution in [1.29, 1.82) is 0 Å². The molecule has 1 aromatic carbocycles. The fourth-order valence-electron chi connectivity index (χ4n) is 2.50. The number of piperidine rings is 1. The van der Waals surface area contributed by atoms with Gasteiger partial charge in [-0.3, -0.25) is 0 Å². The first-order valence-electron chi connectivity index (χ1n) is 6.07. The number of hydrogen-bond acceptors (Lipinski definition) is 2. The van der Waals surface area contributed by atoms with Crippen LogP contribution in [0.15, 0.2) is 30.3 Å². The first kappa shape index (κ1) is 11.5. The van der Waals surface area contributed by atoms with Crippen LogP contribution in [0.1, 0.15) is 26.7 Å². The number of para-hydroxylation sites is 1. The number of hydrogen-bond donors (Lipinski definition) is 1. The van der Waals surface area contributed by atoms with Crippen LogP contribution < -0.4 is 4.90 Å². The first-order chi connectivity index (χ1) is 7.63. The molecule has 2 heteroatoms. The molecule has 0 aliphatic carbocycles. The first-order valence-corrected chi connectivity index (χ1v) is 6.07. The predicted molar refractivity (Wildman–Crippen MR) is 67.7 cm³/mol. The standard InChI is InChI=1S/C14H21NO/c1-14(2)9-8-12(11-16)10-15(14)13-6-4-3-5-7-13/h3-7,12,16H,8-11H2,1-2H3. The lowest BCUT2D eigenvalue weighted by atomic mass is 9.84. The number of rotatable bonds is 2. The van der Waals surface area contributed by atoms with Crippen LogP contribution in [0, 0.1) is 5.92 Å². The van der Waals surface area contributed by atoms with E-state index >= 15 is 0 Å². The van der Waals surface area contributed by atoms with Crippen molar-refractivity contribution < 1.29 is 5.11 Å². The number of nitrogens with zero attached hydrogens (tertiary/aromatic N) is 1. The zero-order chi connectivity index (χ0) is 11.6. The molecule has 2 nitrogen and oxygen atoms in total. The van der Waals surface area contributed by atoms with Gasteiger partial charge >= 0.3 is 0 Å². The van der Waals surface area contributed by atoms with Crippen molar-refractivity contribution in [2.75, 3.05) is 18.1 Å². The molecule has 1 aromatic rings. The SMILES string of the molecule is CC1(C)CCC(CO)CN1c1ccccc1. The van der Waals surface area contributed by atoms with Gasteiger partial charge in [0.2, 0.25) is 0 Å². The number of anilines is 1. The number of benzene rings is 1. The fraction of sp³-hybridized carbons (Fsp3) is 0.571. The summed E-state index contributed by atoms with van der Waals surface area (Å²) in [5.41, 5.74) is 1.47. The highest BCUT2D eigenvalue weighted by atomic mass is 16.3. The van der Waals surface area contributed by atoms with Gasteiger partial charge < -0.3 is 10.0 Å². The Morgan fingerprint density at radius 2 is 2.00 bits per heavy atom. The van der Waals surface area contributed by atoms with Crippen LogP contribution >= 0.6 is 0 Å². The lowest BCUT2D eigenvalue weighted by Gasteiger charge is -2.47. The highest BCUT2D eigenvalue weighted by molar-refractivity contribution is 5.49. The maximum Gasteiger partial charge on any atom is 0.0476 e. The van der Waals surface area contributed by atoms with Gasteiger partial charge in [0, 0.05) is 24.4 Å². The molecule has 0 bridgehead atoms.